The maximum absolute atomic E-state index is 10.9. The fraction of sp³-hybridized carbons (Fsp3) is 0.538. The molecule has 0 amide bonds. The highest BCUT2D eigenvalue weighted by Gasteiger charge is 2.34. The first-order chi connectivity index (χ1) is 9.02. The summed E-state index contributed by atoms with van der Waals surface area (Å²) in [6, 6.07) is 4.81. The van der Waals surface area contributed by atoms with Gasteiger partial charge in [-0.05, 0) is 32.3 Å². The molecule has 6 heteroatoms. The van der Waals surface area contributed by atoms with Crippen molar-refractivity contribution in [3.8, 4) is 0 Å². The molecule has 1 aliphatic rings. The molecule has 0 spiro atoms. The summed E-state index contributed by atoms with van der Waals surface area (Å²) in [6.07, 6.45) is 2.61. The van der Waals surface area contributed by atoms with Gasteiger partial charge in [0.15, 0.2) is 0 Å². The van der Waals surface area contributed by atoms with Gasteiger partial charge in [0.1, 0.15) is 0 Å². The van der Waals surface area contributed by atoms with Crippen molar-refractivity contribution in [1.82, 2.24) is 0 Å². The van der Waals surface area contributed by atoms with Crippen LogP contribution in [0.1, 0.15) is 26.2 Å². The minimum Gasteiger partial charge on any atom is -0.388 e. The monoisotopic (exact) mass is 265 g/mol. The van der Waals surface area contributed by atoms with E-state index < -0.39 is 10.5 Å². The number of benzene rings is 1. The summed E-state index contributed by atoms with van der Waals surface area (Å²) in [5.74, 6) is 0. The zero-order valence-electron chi connectivity index (χ0n) is 11.0. The van der Waals surface area contributed by atoms with E-state index in [0.29, 0.717) is 24.5 Å². The molecule has 1 fully saturated rings. The molecular weight excluding hydrogens is 246 g/mol. The van der Waals surface area contributed by atoms with E-state index in [1.807, 2.05) is 13.0 Å². The van der Waals surface area contributed by atoms with E-state index in [9.17, 15) is 15.2 Å². The van der Waals surface area contributed by atoms with Crippen molar-refractivity contribution in [3.05, 3.63) is 28.3 Å². The van der Waals surface area contributed by atoms with Crippen molar-refractivity contribution in [3.63, 3.8) is 0 Å². The van der Waals surface area contributed by atoms with Gasteiger partial charge in [0.2, 0.25) is 0 Å². The Kier molecular flexibility index (Phi) is 3.90. The molecule has 3 N–H and O–H groups in total. The van der Waals surface area contributed by atoms with E-state index in [2.05, 4.69) is 10.6 Å². The number of nitrogens with one attached hydrogen (secondary N) is 2. The van der Waals surface area contributed by atoms with Crippen LogP contribution >= 0.6 is 0 Å². The Hall–Kier alpha value is -1.82. The Bertz CT molecular complexity index is 472. The quantitative estimate of drug-likeness (QED) is 0.543. The summed E-state index contributed by atoms with van der Waals surface area (Å²) >= 11 is 0. The van der Waals surface area contributed by atoms with E-state index in [0.717, 1.165) is 19.3 Å². The number of rotatable bonds is 6. The molecule has 0 unspecified atom stereocenters. The smallest absolute Gasteiger partial charge is 0.273 e. The van der Waals surface area contributed by atoms with Gasteiger partial charge in [-0.3, -0.25) is 10.1 Å². The first-order valence-corrected chi connectivity index (χ1v) is 6.52. The van der Waals surface area contributed by atoms with Crippen LogP contribution in [0.2, 0.25) is 0 Å². The third-order valence-electron chi connectivity index (χ3n) is 3.42. The Morgan fingerprint density at radius 2 is 1.95 bits per heavy atom. The Balaban J connectivity index is 2.11. The van der Waals surface area contributed by atoms with Crippen LogP contribution < -0.4 is 10.6 Å². The second-order valence-corrected chi connectivity index (χ2v) is 4.99. The van der Waals surface area contributed by atoms with Crippen LogP contribution in [0.3, 0.4) is 0 Å². The van der Waals surface area contributed by atoms with Crippen LogP contribution in [0, 0.1) is 10.1 Å². The molecule has 1 saturated carbocycles. The number of nitrogens with zero attached hydrogens (tertiary/aromatic N) is 1. The largest absolute Gasteiger partial charge is 0.388 e. The molecule has 0 heterocycles. The summed E-state index contributed by atoms with van der Waals surface area (Å²) in [6.45, 7) is 3.06. The highest BCUT2D eigenvalue weighted by molar-refractivity contribution is 5.63. The highest BCUT2D eigenvalue weighted by Crippen LogP contribution is 2.32. The lowest BCUT2D eigenvalue weighted by Crippen LogP contribution is -2.43. The van der Waals surface area contributed by atoms with Gasteiger partial charge in [-0.2, -0.15) is 0 Å². The average molecular weight is 265 g/mol. The van der Waals surface area contributed by atoms with E-state index in [4.69, 9.17) is 0 Å². The molecule has 0 aromatic heterocycles. The molecule has 0 radical (unpaired) electrons. The van der Waals surface area contributed by atoms with Crippen LogP contribution in [0.4, 0.5) is 17.1 Å². The summed E-state index contributed by atoms with van der Waals surface area (Å²) in [4.78, 5) is 10.5. The van der Waals surface area contributed by atoms with E-state index >= 15 is 0 Å². The lowest BCUT2D eigenvalue weighted by atomic mass is 9.80. The van der Waals surface area contributed by atoms with Crippen LogP contribution in [-0.2, 0) is 0 Å². The first-order valence-electron chi connectivity index (χ1n) is 6.52. The van der Waals surface area contributed by atoms with E-state index in [1.165, 1.54) is 12.1 Å². The molecule has 104 valence electrons. The van der Waals surface area contributed by atoms with E-state index in [1.54, 1.807) is 0 Å². The van der Waals surface area contributed by atoms with Crippen LogP contribution in [0.5, 0.6) is 0 Å². The number of nitro benzene ring substituents is 1. The van der Waals surface area contributed by atoms with Crippen molar-refractivity contribution >= 4 is 17.1 Å². The fourth-order valence-corrected chi connectivity index (χ4v) is 2.15. The predicted octanol–water partition coefficient (Wildman–Crippen LogP) is 2.35. The van der Waals surface area contributed by atoms with Crippen molar-refractivity contribution < 1.29 is 10.0 Å². The average Bonchev–Trinajstić information content (AvgIpc) is 2.34. The zero-order valence-corrected chi connectivity index (χ0v) is 11.0. The number of hydrogen-bond acceptors (Lipinski definition) is 5. The molecule has 6 nitrogen and oxygen atoms in total. The SMILES string of the molecule is CCNc1cc(NCC2(O)CCC2)cc([N+](=O)[O-])c1. The summed E-state index contributed by atoms with van der Waals surface area (Å²) < 4.78 is 0. The van der Waals surface area contributed by atoms with Gasteiger partial charge in [-0.25, -0.2) is 0 Å². The van der Waals surface area contributed by atoms with Gasteiger partial charge in [0, 0.05) is 36.6 Å². The predicted molar refractivity (Wildman–Crippen MR) is 74.6 cm³/mol. The maximum Gasteiger partial charge on any atom is 0.273 e. The number of aliphatic hydroxyl groups is 1. The first kappa shape index (κ1) is 13.6. The number of nitro groups is 1. The van der Waals surface area contributed by atoms with Crippen LogP contribution in [-0.4, -0.2) is 28.7 Å². The number of anilines is 2. The van der Waals surface area contributed by atoms with Crippen molar-refractivity contribution in [2.75, 3.05) is 23.7 Å². The molecule has 19 heavy (non-hydrogen) atoms. The molecule has 0 bridgehead atoms. The molecule has 0 aliphatic heterocycles. The normalized spacial score (nSPS) is 16.5. The molecule has 1 aromatic carbocycles. The standard InChI is InChI=1S/C13H19N3O3/c1-2-14-10-6-11(8-12(7-10)16(18)19)15-9-13(17)4-3-5-13/h6-8,14-15,17H,2-5,9H2,1H3. The molecule has 0 saturated heterocycles. The summed E-state index contributed by atoms with van der Waals surface area (Å²) in [7, 11) is 0. The van der Waals surface area contributed by atoms with Gasteiger partial charge in [-0.15, -0.1) is 0 Å². The van der Waals surface area contributed by atoms with Gasteiger partial charge in [0.05, 0.1) is 10.5 Å². The Labute approximate surface area is 112 Å². The van der Waals surface area contributed by atoms with Gasteiger partial charge < -0.3 is 15.7 Å². The van der Waals surface area contributed by atoms with Crippen molar-refractivity contribution in [2.24, 2.45) is 0 Å². The molecule has 1 aliphatic carbocycles. The lowest BCUT2D eigenvalue weighted by molar-refractivity contribution is -0.384. The number of hydrogen-bond donors (Lipinski definition) is 3. The molecule has 0 atom stereocenters. The lowest BCUT2D eigenvalue weighted by Gasteiger charge is -2.36. The third kappa shape index (κ3) is 3.35. The van der Waals surface area contributed by atoms with Gasteiger partial charge >= 0.3 is 0 Å². The second kappa shape index (κ2) is 5.44. The summed E-state index contributed by atoms with van der Waals surface area (Å²) in [5, 5.41) is 27.0. The fourth-order valence-electron chi connectivity index (χ4n) is 2.15. The molecule has 2 rings (SSSR count). The zero-order chi connectivity index (χ0) is 13.9. The molecule has 1 aromatic rings. The minimum atomic E-state index is -0.650. The minimum absolute atomic E-state index is 0.0431. The second-order valence-electron chi connectivity index (χ2n) is 4.99. The Morgan fingerprint density at radius 1 is 1.32 bits per heavy atom. The molecular formula is C13H19N3O3. The van der Waals surface area contributed by atoms with Crippen molar-refractivity contribution in [2.45, 2.75) is 31.8 Å². The van der Waals surface area contributed by atoms with Crippen molar-refractivity contribution in [1.29, 1.82) is 0 Å². The summed E-state index contributed by atoms with van der Waals surface area (Å²) in [5.41, 5.74) is 0.759. The maximum atomic E-state index is 10.9. The van der Waals surface area contributed by atoms with E-state index in [-0.39, 0.29) is 5.69 Å². The van der Waals surface area contributed by atoms with Crippen LogP contribution in [0.25, 0.3) is 0 Å². The van der Waals surface area contributed by atoms with Gasteiger partial charge in [0.25, 0.3) is 5.69 Å². The van der Waals surface area contributed by atoms with Crippen LogP contribution in [0.15, 0.2) is 18.2 Å². The Morgan fingerprint density at radius 3 is 2.42 bits per heavy atom. The van der Waals surface area contributed by atoms with Gasteiger partial charge in [-0.1, -0.05) is 0 Å². The topological polar surface area (TPSA) is 87.4 Å². The highest BCUT2D eigenvalue weighted by atomic mass is 16.6. The number of non-ortho nitro benzene ring substituents is 1. The third-order valence-corrected chi connectivity index (χ3v) is 3.42.